The molecule has 17 heavy (non-hydrogen) atoms. The molecular formula is C11H14FNO4. The minimum Gasteiger partial charge on any atom is -0.504 e. The summed E-state index contributed by atoms with van der Waals surface area (Å²) in [5, 5.41) is 18.3. The first-order valence-corrected chi connectivity index (χ1v) is 5.05. The molecule has 1 aromatic carbocycles. The van der Waals surface area contributed by atoms with Crippen LogP contribution in [0.3, 0.4) is 0 Å². The quantitative estimate of drug-likeness (QED) is 0.542. The van der Waals surface area contributed by atoms with Crippen LogP contribution >= 0.6 is 0 Å². The van der Waals surface area contributed by atoms with Gasteiger partial charge in [-0.2, -0.15) is 0 Å². The number of nitrogens with two attached hydrogens (primary N) is 1. The standard InChI is InChI=1S/C11H14FNO4/c1-2-17-11(16)9(12)10(13)6-3-4-7(14)8(15)5-6/h3-5,9-10,14-15H,2,13H2,1H3/t9?,10-/m1/s1. The molecule has 0 saturated heterocycles. The molecule has 0 bridgehead atoms. The van der Waals surface area contributed by atoms with Crippen molar-refractivity contribution in [3.63, 3.8) is 0 Å². The molecule has 5 nitrogen and oxygen atoms in total. The Morgan fingerprint density at radius 1 is 1.47 bits per heavy atom. The predicted octanol–water partition coefficient (Wildman–Crippen LogP) is 0.999. The van der Waals surface area contributed by atoms with Crippen molar-refractivity contribution in [1.29, 1.82) is 0 Å². The van der Waals surface area contributed by atoms with Crippen molar-refractivity contribution < 1.29 is 24.1 Å². The molecule has 1 rings (SSSR count). The van der Waals surface area contributed by atoms with Crippen LogP contribution in [0.5, 0.6) is 11.5 Å². The third-order valence-corrected chi connectivity index (χ3v) is 2.21. The Hall–Kier alpha value is -1.82. The number of alkyl halides is 1. The van der Waals surface area contributed by atoms with Crippen LogP contribution in [0.15, 0.2) is 18.2 Å². The maximum atomic E-state index is 13.6. The lowest BCUT2D eigenvalue weighted by atomic mass is 10.0. The van der Waals surface area contributed by atoms with E-state index >= 15 is 0 Å². The maximum absolute atomic E-state index is 13.6. The Morgan fingerprint density at radius 2 is 2.12 bits per heavy atom. The smallest absolute Gasteiger partial charge is 0.342 e. The Labute approximate surface area is 97.6 Å². The summed E-state index contributed by atoms with van der Waals surface area (Å²) in [6.45, 7) is 1.62. The summed E-state index contributed by atoms with van der Waals surface area (Å²) >= 11 is 0. The average molecular weight is 243 g/mol. The van der Waals surface area contributed by atoms with E-state index in [2.05, 4.69) is 4.74 Å². The van der Waals surface area contributed by atoms with Crippen molar-refractivity contribution in [2.75, 3.05) is 6.61 Å². The van der Waals surface area contributed by atoms with Gasteiger partial charge in [-0.15, -0.1) is 0 Å². The monoisotopic (exact) mass is 243 g/mol. The number of esters is 1. The zero-order valence-corrected chi connectivity index (χ0v) is 9.26. The Balaban J connectivity index is 2.84. The molecule has 2 atom stereocenters. The van der Waals surface area contributed by atoms with Gasteiger partial charge in [0.1, 0.15) is 0 Å². The van der Waals surface area contributed by atoms with E-state index in [9.17, 15) is 14.3 Å². The van der Waals surface area contributed by atoms with Gasteiger partial charge in [0, 0.05) is 0 Å². The zero-order chi connectivity index (χ0) is 13.0. The van der Waals surface area contributed by atoms with Crippen molar-refractivity contribution in [1.82, 2.24) is 0 Å². The van der Waals surface area contributed by atoms with E-state index < -0.39 is 23.9 Å². The third kappa shape index (κ3) is 3.07. The lowest BCUT2D eigenvalue weighted by Gasteiger charge is -2.16. The third-order valence-electron chi connectivity index (χ3n) is 2.21. The number of aromatic hydroxyl groups is 2. The van der Waals surface area contributed by atoms with Crippen LogP contribution in [-0.4, -0.2) is 29.0 Å². The fourth-order valence-corrected chi connectivity index (χ4v) is 1.29. The molecule has 94 valence electrons. The first-order chi connectivity index (χ1) is 7.97. The summed E-state index contributed by atoms with van der Waals surface area (Å²) < 4.78 is 18.0. The first-order valence-electron chi connectivity index (χ1n) is 5.05. The summed E-state index contributed by atoms with van der Waals surface area (Å²) in [7, 11) is 0. The highest BCUT2D eigenvalue weighted by Gasteiger charge is 2.28. The number of rotatable bonds is 4. The maximum Gasteiger partial charge on any atom is 0.342 e. The topological polar surface area (TPSA) is 92.8 Å². The Bertz CT molecular complexity index is 410. The van der Waals surface area contributed by atoms with E-state index in [1.807, 2.05) is 0 Å². The summed E-state index contributed by atoms with van der Waals surface area (Å²) in [4.78, 5) is 11.1. The van der Waals surface area contributed by atoms with Crippen LogP contribution in [0.25, 0.3) is 0 Å². The Kier molecular flexibility index (Phi) is 4.28. The van der Waals surface area contributed by atoms with Gasteiger partial charge in [-0.05, 0) is 24.6 Å². The number of phenols is 2. The fraction of sp³-hybridized carbons (Fsp3) is 0.364. The number of hydrogen-bond donors (Lipinski definition) is 3. The van der Waals surface area contributed by atoms with Crippen LogP contribution in [0.2, 0.25) is 0 Å². The summed E-state index contributed by atoms with van der Waals surface area (Å²) in [5.74, 6) is -1.81. The number of benzene rings is 1. The molecule has 0 heterocycles. The van der Waals surface area contributed by atoms with Crippen molar-refractivity contribution >= 4 is 5.97 Å². The van der Waals surface area contributed by atoms with E-state index in [-0.39, 0.29) is 17.9 Å². The van der Waals surface area contributed by atoms with Crippen LogP contribution in [-0.2, 0) is 9.53 Å². The lowest BCUT2D eigenvalue weighted by Crippen LogP contribution is -2.31. The van der Waals surface area contributed by atoms with Gasteiger partial charge in [0.2, 0.25) is 6.17 Å². The SMILES string of the molecule is CCOC(=O)C(F)[C@H](N)c1ccc(O)c(O)c1. The number of phenolic OH excluding ortho intramolecular Hbond substituents is 2. The molecule has 0 aliphatic heterocycles. The largest absolute Gasteiger partial charge is 0.504 e. The van der Waals surface area contributed by atoms with Crippen molar-refractivity contribution in [3.8, 4) is 11.5 Å². The zero-order valence-electron chi connectivity index (χ0n) is 9.26. The van der Waals surface area contributed by atoms with Crippen LogP contribution in [0, 0.1) is 0 Å². The summed E-state index contributed by atoms with van der Waals surface area (Å²) in [6, 6.07) is 2.35. The van der Waals surface area contributed by atoms with E-state index in [0.717, 1.165) is 6.07 Å². The molecule has 0 amide bonds. The molecule has 1 aromatic rings. The van der Waals surface area contributed by atoms with Crippen LogP contribution in [0.4, 0.5) is 4.39 Å². The molecule has 0 spiro atoms. The molecule has 0 aromatic heterocycles. The van der Waals surface area contributed by atoms with E-state index in [1.54, 1.807) is 6.92 Å². The molecule has 0 aliphatic carbocycles. The van der Waals surface area contributed by atoms with Gasteiger partial charge in [0.15, 0.2) is 11.5 Å². The molecular weight excluding hydrogens is 229 g/mol. The van der Waals surface area contributed by atoms with Crippen molar-refractivity contribution in [2.45, 2.75) is 19.1 Å². The summed E-state index contributed by atoms with van der Waals surface area (Å²) in [5.41, 5.74) is 5.72. The van der Waals surface area contributed by atoms with Crippen molar-refractivity contribution in [2.24, 2.45) is 5.73 Å². The highest BCUT2D eigenvalue weighted by atomic mass is 19.1. The van der Waals surface area contributed by atoms with Gasteiger partial charge in [-0.1, -0.05) is 6.07 Å². The van der Waals surface area contributed by atoms with Gasteiger partial charge in [-0.25, -0.2) is 9.18 Å². The van der Waals surface area contributed by atoms with Gasteiger partial charge in [0.05, 0.1) is 12.6 Å². The van der Waals surface area contributed by atoms with Gasteiger partial charge in [-0.3, -0.25) is 0 Å². The minimum absolute atomic E-state index is 0.0623. The predicted molar refractivity (Wildman–Crippen MR) is 58.2 cm³/mol. The highest BCUT2D eigenvalue weighted by molar-refractivity contribution is 5.75. The lowest BCUT2D eigenvalue weighted by molar-refractivity contribution is -0.149. The molecule has 1 unspecified atom stereocenters. The number of halogens is 1. The van der Waals surface area contributed by atoms with E-state index in [0.29, 0.717) is 0 Å². The van der Waals surface area contributed by atoms with E-state index in [4.69, 9.17) is 10.8 Å². The number of carbonyl (C=O) groups is 1. The minimum atomic E-state index is -2.01. The van der Waals surface area contributed by atoms with Gasteiger partial charge in [0.25, 0.3) is 0 Å². The van der Waals surface area contributed by atoms with Crippen LogP contribution in [0.1, 0.15) is 18.5 Å². The second-order valence-electron chi connectivity index (χ2n) is 3.43. The number of ether oxygens (including phenoxy) is 1. The molecule has 0 saturated carbocycles. The molecule has 6 heteroatoms. The molecule has 0 aliphatic rings. The van der Waals surface area contributed by atoms with Crippen LogP contribution < -0.4 is 5.73 Å². The summed E-state index contributed by atoms with van der Waals surface area (Å²) in [6.07, 6.45) is -2.01. The van der Waals surface area contributed by atoms with E-state index in [1.165, 1.54) is 12.1 Å². The van der Waals surface area contributed by atoms with Crippen molar-refractivity contribution in [3.05, 3.63) is 23.8 Å². The normalized spacial score (nSPS) is 14.1. The number of hydrogen-bond acceptors (Lipinski definition) is 5. The fourth-order valence-electron chi connectivity index (χ4n) is 1.29. The van der Waals surface area contributed by atoms with Gasteiger partial charge >= 0.3 is 5.97 Å². The molecule has 0 radical (unpaired) electrons. The number of carbonyl (C=O) groups excluding carboxylic acids is 1. The molecule has 4 N–H and O–H groups in total. The average Bonchev–Trinajstić information content (AvgIpc) is 2.31. The highest BCUT2D eigenvalue weighted by Crippen LogP contribution is 2.28. The second kappa shape index (κ2) is 5.49. The molecule has 0 fully saturated rings. The Morgan fingerprint density at radius 3 is 2.65 bits per heavy atom. The first kappa shape index (κ1) is 13.2. The second-order valence-corrected chi connectivity index (χ2v) is 3.43. The van der Waals surface area contributed by atoms with Gasteiger partial charge < -0.3 is 20.7 Å².